The molecule has 0 aliphatic carbocycles. The number of hydrogen-bond donors (Lipinski definition) is 1. The summed E-state index contributed by atoms with van der Waals surface area (Å²) < 4.78 is 34.0. The predicted octanol–water partition coefficient (Wildman–Crippen LogP) is 5.90. The van der Waals surface area contributed by atoms with Gasteiger partial charge in [0.25, 0.3) is 0 Å². The topological polar surface area (TPSA) is 45.6 Å². The average Bonchev–Trinajstić information content (AvgIpc) is 2.87. The zero-order valence-corrected chi connectivity index (χ0v) is 20.3. The number of aliphatic hydroxyl groups excluding tert-OH is 1. The van der Waals surface area contributed by atoms with Crippen LogP contribution in [0.15, 0.2) is 59.6 Å². The maximum absolute atomic E-state index is 15.3. The fraction of sp³-hybridized carbons (Fsp3) is 0.444. The van der Waals surface area contributed by atoms with Crippen molar-refractivity contribution >= 4 is 22.7 Å². The molecule has 3 aromatic rings. The lowest BCUT2D eigenvalue weighted by Crippen LogP contribution is -2.43. The van der Waals surface area contributed by atoms with E-state index in [4.69, 9.17) is 4.74 Å². The van der Waals surface area contributed by atoms with Crippen LogP contribution in [0.3, 0.4) is 0 Å². The van der Waals surface area contributed by atoms with Crippen LogP contribution in [0.5, 0.6) is 5.75 Å². The van der Waals surface area contributed by atoms with E-state index in [1.807, 2.05) is 24.3 Å². The summed E-state index contributed by atoms with van der Waals surface area (Å²) >= 11 is 1.65. The van der Waals surface area contributed by atoms with Crippen LogP contribution in [-0.4, -0.2) is 54.1 Å². The molecule has 1 saturated heterocycles. The highest BCUT2D eigenvalue weighted by molar-refractivity contribution is 7.99. The van der Waals surface area contributed by atoms with Gasteiger partial charge >= 0.3 is 0 Å². The maximum atomic E-state index is 15.3. The van der Waals surface area contributed by atoms with Gasteiger partial charge < -0.3 is 14.7 Å². The van der Waals surface area contributed by atoms with Gasteiger partial charge in [-0.3, -0.25) is 4.98 Å². The van der Waals surface area contributed by atoms with E-state index in [2.05, 4.69) is 9.88 Å². The molecular formula is C27H32F2N2O2S. The number of benzene rings is 2. The van der Waals surface area contributed by atoms with E-state index in [0.717, 1.165) is 54.0 Å². The van der Waals surface area contributed by atoms with Crippen molar-refractivity contribution in [3.05, 3.63) is 66.1 Å². The van der Waals surface area contributed by atoms with Crippen molar-refractivity contribution in [3.8, 4) is 5.75 Å². The molecule has 1 aromatic heterocycles. The fourth-order valence-corrected chi connectivity index (χ4v) is 5.81. The van der Waals surface area contributed by atoms with Gasteiger partial charge in [-0.05, 0) is 85.7 Å². The molecule has 3 atom stereocenters. The first-order valence-corrected chi connectivity index (χ1v) is 12.8. The Morgan fingerprint density at radius 3 is 2.88 bits per heavy atom. The monoisotopic (exact) mass is 486 g/mol. The van der Waals surface area contributed by atoms with Crippen molar-refractivity contribution in [2.75, 3.05) is 39.1 Å². The average molecular weight is 487 g/mol. The first-order valence-electron chi connectivity index (χ1n) is 11.9. The summed E-state index contributed by atoms with van der Waals surface area (Å²) in [5, 5.41) is 10.8. The second-order valence-electron chi connectivity index (χ2n) is 8.93. The van der Waals surface area contributed by atoms with Gasteiger partial charge in [0.05, 0.1) is 12.6 Å². The van der Waals surface area contributed by atoms with Crippen molar-refractivity contribution in [1.29, 1.82) is 0 Å². The van der Waals surface area contributed by atoms with Crippen LogP contribution in [0.2, 0.25) is 0 Å². The van der Waals surface area contributed by atoms with Gasteiger partial charge in [0, 0.05) is 41.9 Å². The summed E-state index contributed by atoms with van der Waals surface area (Å²) in [7, 11) is 1.60. The van der Waals surface area contributed by atoms with Crippen LogP contribution < -0.4 is 4.74 Å². The minimum absolute atomic E-state index is 0.116. The summed E-state index contributed by atoms with van der Waals surface area (Å²) in [4.78, 5) is 7.64. The number of thioether (sulfide) groups is 1. The number of rotatable bonds is 10. The third kappa shape index (κ3) is 6.26. The number of halogens is 2. The third-order valence-corrected chi connectivity index (χ3v) is 7.77. The zero-order chi connectivity index (χ0) is 23.9. The second kappa shape index (κ2) is 12.0. The molecule has 1 N–H and O–H groups in total. The Hall–Kier alpha value is -2.22. The largest absolute Gasteiger partial charge is 0.497 e. The number of pyridine rings is 1. The summed E-state index contributed by atoms with van der Waals surface area (Å²) in [5.74, 6) is 1.80. The Morgan fingerprint density at radius 1 is 1.21 bits per heavy atom. The standard InChI is InChI=1S/C27H32F2N2O2S/c1-33-22-6-8-27-25(16-22)24(9-11-30-27)26(29)7-5-19-10-12-31(17-20(19)18-32)13-14-34-23-4-2-3-21(28)15-23/h2-4,6,8-9,11,15-16,19-20,26,32H,5,7,10,12-14,17-18H2,1H3/t19-,20-,26-/m1/s1. The SMILES string of the molecule is COc1ccc2nccc([C@H](F)CC[C@@H]3CCN(CCSc4cccc(F)c4)C[C@@H]3CO)c2c1. The lowest BCUT2D eigenvalue weighted by molar-refractivity contribution is 0.0672. The summed E-state index contributed by atoms with van der Waals surface area (Å²) in [6, 6.07) is 14.0. The molecule has 0 unspecified atom stereocenters. The summed E-state index contributed by atoms with van der Waals surface area (Å²) in [6.45, 7) is 2.76. The van der Waals surface area contributed by atoms with Crippen LogP contribution >= 0.6 is 11.8 Å². The van der Waals surface area contributed by atoms with E-state index in [-0.39, 0.29) is 18.3 Å². The number of methoxy groups -OCH3 is 1. The van der Waals surface area contributed by atoms with Crippen LogP contribution in [-0.2, 0) is 0 Å². The second-order valence-corrected chi connectivity index (χ2v) is 10.1. The lowest BCUT2D eigenvalue weighted by atomic mass is 9.81. The molecule has 1 aliphatic rings. The van der Waals surface area contributed by atoms with Gasteiger partial charge in [0.2, 0.25) is 0 Å². The van der Waals surface area contributed by atoms with Crippen molar-refractivity contribution in [2.24, 2.45) is 11.8 Å². The third-order valence-electron chi connectivity index (χ3n) is 6.79. The Balaban J connectivity index is 1.29. The first kappa shape index (κ1) is 24.9. The Kier molecular flexibility index (Phi) is 8.75. The number of hydrogen-bond acceptors (Lipinski definition) is 5. The van der Waals surface area contributed by atoms with Gasteiger partial charge in [-0.15, -0.1) is 11.8 Å². The maximum Gasteiger partial charge on any atom is 0.126 e. The number of likely N-dealkylation sites (tertiary alicyclic amines) is 1. The summed E-state index contributed by atoms with van der Waals surface area (Å²) in [5.41, 5.74) is 1.41. The molecule has 0 amide bonds. The highest BCUT2D eigenvalue weighted by atomic mass is 32.2. The molecule has 34 heavy (non-hydrogen) atoms. The van der Waals surface area contributed by atoms with Crippen molar-refractivity contribution < 1.29 is 18.6 Å². The number of nitrogens with zero attached hydrogens (tertiary/aromatic N) is 2. The quantitative estimate of drug-likeness (QED) is 0.362. The fourth-order valence-electron chi connectivity index (χ4n) is 4.86. The molecule has 0 bridgehead atoms. The van der Waals surface area contributed by atoms with Crippen LogP contribution in [0, 0.1) is 17.7 Å². The van der Waals surface area contributed by atoms with E-state index in [1.54, 1.807) is 43.3 Å². The number of aliphatic hydroxyl groups is 1. The molecule has 0 saturated carbocycles. The number of aromatic nitrogens is 1. The molecule has 2 heterocycles. The van der Waals surface area contributed by atoms with Crippen LogP contribution in [0.4, 0.5) is 8.78 Å². The number of ether oxygens (including phenoxy) is 1. The molecule has 182 valence electrons. The van der Waals surface area contributed by atoms with Crippen LogP contribution in [0.1, 0.15) is 31.0 Å². The van der Waals surface area contributed by atoms with Gasteiger partial charge in [-0.2, -0.15) is 0 Å². The zero-order valence-electron chi connectivity index (χ0n) is 19.5. The molecule has 2 aromatic carbocycles. The van der Waals surface area contributed by atoms with Gasteiger partial charge in [0.15, 0.2) is 0 Å². The molecule has 0 radical (unpaired) electrons. The number of piperidine rings is 1. The minimum atomic E-state index is -1.09. The van der Waals surface area contributed by atoms with Gasteiger partial charge in [-0.25, -0.2) is 8.78 Å². The van der Waals surface area contributed by atoms with E-state index in [9.17, 15) is 9.50 Å². The van der Waals surface area contributed by atoms with Crippen molar-refractivity contribution in [1.82, 2.24) is 9.88 Å². The normalized spacial score (nSPS) is 19.9. The minimum Gasteiger partial charge on any atom is -0.497 e. The Morgan fingerprint density at radius 2 is 2.09 bits per heavy atom. The molecule has 0 spiro atoms. The molecule has 1 fully saturated rings. The Bertz CT molecular complexity index is 1080. The smallest absolute Gasteiger partial charge is 0.126 e. The van der Waals surface area contributed by atoms with Crippen molar-refractivity contribution in [2.45, 2.75) is 30.3 Å². The molecule has 4 rings (SSSR count). The highest BCUT2D eigenvalue weighted by Gasteiger charge is 2.29. The van der Waals surface area contributed by atoms with E-state index >= 15 is 4.39 Å². The van der Waals surface area contributed by atoms with Gasteiger partial charge in [-0.1, -0.05) is 6.07 Å². The number of alkyl halides is 1. The van der Waals surface area contributed by atoms with E-state index in [1.165, 1.54) is 6.07 Å². The predicted molar refractivity (Wildman–Crippen MR) is 134 cm³/mol. The lowest BCUT2D eigenvalue weighted by Gasteiger charge is -2.38. The molecule has 4 nitrogen and oxygen atoms in total. The van der Waals surface area contributed by atoms with E-state index in [0.29, 0.717) is 23.7 Å². The van der Waals surface area contributed by atoms with E-state index < -0.39 is 6.17 Å². The van der Waals surface area contributed by atoms with Gasteiger partial charge in [0.1, 0.15) is 17.7 Å². The molecule has 1 aliphatic heterocycles. The summed E-state index contributed by atoms with van der Waals surface area (Å²) in [6.07, 6.45) is 2.69. The number of fused-ring (bicyclic) bond motifs is 1. The molecule has 7 heteroatoms. The molecular weight excluding hydrogens is 454 g/mol. The Labute approximate surface area is 204 Å². The first-order chi connectivity index (χ1) is 16.6. The van der Waals surface area contributed by atoms with Crippen molar-refractivity contribution in [3.63, 3.8) is 0 Å². The highest BCUT2D eigenvalue weighted by Crippen LogP contribution is 2.35. The van der Waals surface area contributed by atoms with Crippen LogP contribution in [0.25, 0.3) is 10.9 Å².